The number of ether oxygens (including phenoxy) is 1. The molecule has 1 aromatic carbocycles. The normalized spacial score (nSPS) is 11.3. The zero-order valence-electron chi connectivity index (χ0n) is 16.2. The Morgan fingerprint density at radius 2 is 1.97 bits per heavy atom. The van der Waals surface area contributed by atoms with E-state index in [1.165, 1.54) is 16.7 Å². The molecule has 0 atom stereocenters. The van der Waals surface area contributed by atoms with Gasteiger partial charge in [-0.1, -0.05) is 0 Å². The van der Waals surface area contributed by atoms with E-state index in [0.717, 1.165) is 11.1 Å². The van der Waals surface area contributed by atoms with E-state index in [-0.39, 0.29) is 30.7 Å². The number of Topliss-reactive ketones (excluding diaryl/α,β-unsaturated/α-hetero) is 1. The zero-order valence-corrected chi connectivity index (χ0v) is 16.2. The molecule has 7 heteroatoms. The van der Waals surface area contributed by atoms with Crippen LogP contribution in [0.25, 0.3) is 16.6 Å². The smallest absolute Gasteiger partial charge is 0.275 e. The maximum Gasteiger partial charge on any atom is 0.275 e. The number of benzene rings is 1. The minimum atomic E-state index is -0.428. The first kappa shape index (κ1) is 18.9. The van der Waals surface area contributed by atoms with Gasteiger partial charge in [0.2, 0.25) is 0 Å². The highest BCUT2D eigenvalue weighted by atomic mass is 19.1. The van der Waals surface area contributed by atoms with E-state index in [0.29, 0.717) is 22.5 Å². The second-order valence-electron chi connectivity index (χ2n) is 7.02. The van der Waals surface area contributed by atoms with Crippen molar-refractivity contribution in [2.75, 3.05) is 7.11 Å². The van der Waals surface area contributed by atoms with Gasteiger partial charge in [0.1, 0.15) is 22.9 Å². The Labute approximate surface area is 166 Å². The van der Waals surface area contributed by atoms with E-state index in [1.807, 2.05) is 13.1 Å². The number of carbonyl (C=O) groups excluding carboxylic acids is 1. The third-order valence-electron chi connectivity index (χ3n) is 4.93. The van der Waals surface area contributed by atoms with Gasteiger partial charge in [0, 0.05) is 31.3 Å². The second-order valence-corrected chi connectivity index (χ2v) is 7.02. The molecule has 0 aliphatic rings. The van der Waals surface area contributed by atoms with E-state index in [2.05, 4.69) is 4.98 Å². The number of methoxy groups -OCH3 is 1. The molecule has 0 aliphatic heterocycles. The minimum absolute atomic E-state index is 0.0504. The number of carbonyl (C=O) groups is 1. The Morgan fingerprint density at radius 1 is 1.14 bits per heavy atom. The topological polar surface area (TPSA) is 65.6 Å². The maximum atomic E-state index is 13.9. The molecule has 3 aromatic heterocycles. The monoisotopic (exact) mass is 393 g/mol. The number of hydrogen-bond acceptors (Lipinski definition) is 4. The molecule has 0 saturated carbocycles. The van der Waals surface area contributed by atoms with Crippen molar-refractivity contribution in [3.05, 3.63) is 76.2 Å². The molecule has 0 aliphatic carbocycles. The molecular formula is C22H20FN3O3. The third-order valence-corrected chi connectivity index (χ3v) is 4.93. The van der Waals surface area contributed by atoms with Gasteiger partial charge in [-0.05, 0) is 48.9 Å². The molecular weight excluding hydrogens is 373 g/mol. The van der Waals surface area contributed by atoms with Gasteiger partial charge in [0.25, 0.3) is 5.56 Å². The van der Waals surface area contributed by atoms with Crippen molar-refractivity contribution in [2.24, 2.45) is 0 Å². The summed E-state index contributed by atoms with van der Waals surface area (Å²) in [5.74, 6) is 0.144. The van der Waals surface area contributed by atoms with Gasteiger partial charge in [0.15, 0.2) is 0 Å². The van der Waals surface area contributed by atoms with Crippen LogP contribution in [0.3, 0.4) is 0 Å². The SMILES string of the molecule is COc1ccc(CC(=O)CCn2c(=O)c3cc(C)cn3c3ccc(F)cc32)nc1. The Balaban J connectivity index is 1.64. The number of aryl methyl sites for hydroxylation is 2. The Kier molecular flexibility index (Phi) is 4.88. The number of pyridine rings is 1. The molecule has 0 saturated heterocycles. The van der Waals surface area contributed by atoms with Gasteiger partial charge < -0.3 is 13.7 Å². The first-order chi connectivity index (χ1) is 14.0. The summed E-state index contributed by atoms with van der Waals surface area (Å²) in [5, 5.41) is 0. The average molecular weight is 393 g/mol. The molecule has 6 nitrogen and oxygen atoms in total. The second kappa shape index (κ2) is 7.50. The van der Waals surface area contributed by atoms with E-state index in [9.17, 15) is 14.0 Å². The average Bonchev–Trinajstić information content (AvgIpc) is 3.10. The molecule has 0 bridgehead atoms. The molecule has 0 spiro atoms. The highest BCUT2D eigenvalue weighted by molar-refractivity contribution is 5.82. The van der Waals surface area contributed by atoms with Crippen LogP contribution in [0.2, 0.25) is 0 Å². The first-order valence-electron chi connectivity index (χ1n) is 9.27. The lowest BCUT2D eigenvalue weighted by Crippen LogP contribution is -2.24. The Morgan fingerprint density at radius 3 is 2.69 bits per heavy atom. The summed E-state index contributed by atoms with van der Waals surface area (Å²) in [4.78, 5) is 29.6. The number of fused-ring (bicyclic) bond motifs is 3. The Hall–Kier alpha value is -3.48. The van der Waals surface area contributed by atoms with Crippen LogP contribution in [0, 0.1) is 12.7 Å². The molecule has 0 amide bonds. The summed E-state index contributed by atoms with van der Waals surface area (Å²) in [7, 11) is 1.55. The molecule has 4 rings (SSSR count). The van der Waals surface area contributed by atoms with Crippen molar-refractivity contribution in [1.29, 1.82) is 0 Å². The summed E-state index contributed by atoms with van der Waals surface area (Å²) < 4.78 is 22.2. The fourth-order valence-corrected chi connectivity index (χ4v) is 3.51. The van der Waals surface area contributed by atoms with Crippen molar-refractivity contribution in [3.63, 3.8) is 0 Å². The van der Waals surface area contributed by atoms with E-state index in [4.69, 9.17) is 4.74 Å². The van der Waals surface area contributed by atoms with Crippen LogP contribution in [0.15, 0.2) is 53.6 Å². The van der Waals surface area contributed by atoms with Gasteiger partial charge in [-0.15, -0.1) is 0 Å². The Bertz CT molecular complexity index is 1270. The van der Waals surface area contributed by atoms with Crippen molar-refractivity contribution < 1.29 is 13.9 Å². The van der Waals surface area contributed by atoms with Crippen molar-refractivity contribution in [3.8, 4) is 5.75 Å². The third kappa shape index (κ3) is 3.63. The van der Waals surface area contributed by atoms with Crippen LogP contribution in [0.5, 0.6) is 5.75 Å². The largest absolute Gasteiger partial charge is 0.495 e. The number of halogens is 1. The molecule has 3 heterocycles. The summed E-state index contributed by atoms with van der Waals surface area (Å²) in [6.07, 6.45) is 3.72. The van der Waals surface area contributed by atoms with Gasteiger partial charge in [0.05, 0.1) is 24.3 Å². The standard InChI is InChI=1S/C22H20FN3O3/c1-14-9-21-22(28)25(20-10-15(23)3-6-19(20)26(21)13-14)8-7-17(27)11-16-4-5-18(29-2)12-24-16/h3-6,9-10,12-13H,7-8,11H2,1-2H3. The van der Waals surface area contributed by atoms with Crippen LogP contribution < -0.4 is 10.3 Å². The van der Waals surface area contributed by atoms with Crippen molar-refractivity contribution in [2.45, 2.75) is 26.3 Å². The molecule has 4 aromatic rings. The molecule has 148 valence electrons. The fraction of sp³-hybridized carbons (Fsp3) is 0.227. The van der Waals surface area contributed by atoms with Gasteiger partial charge in [-0.2, -0.15) is 0 Å². The van der Waals surface area contributed by atoms with Crippen LogP contribution in [0.1, 0.15) is 17.7 Å². The van der Waals surface area contributed by atoms with Gasteiger partial charge in [-0.25, -0.2) is 4.39 Å². The first-order valence-corrected chi connectivity index (χ1v) is 9.27. The van der Waals surface area contributed by atoms with Crippen LogP contribution in [-0.4, -0.2) is 26.8 Å². The predicted molar refractivity (Wildman–Crippen MR) is 108 cm³/mol. The number of nitrogens with zero attached hydrogens (tertiary/aromatic N) is 3. The quantitative estimate of drug-likeness (QED) is 0.504. The highest BCUT2D eigenvalue weighted by Crippen LogP contribution is 2.19. The van der Waals surface area contributed by atoms with Crippen molar-refractivity contribution >= 4 is 22.3 Å². The van der Waals surface area contributed by atoms with E-state index in [1.54, 1.807) is 42.0 Å². The van der Waals surface area contributed by atoms with E-state index >= 15 is 0 Å². The lowest BCUT2D eigenvalue weighted by Gasteiger charge is -2.12. The lowest BCUT2D eigenvalue weighted by molar-refractivity contribution is -0.118. The number of aromatic nitrogens is 3. The number of ketones is 1. The van der Waals surface area contributed by atoms with Gasteiger partial charge in [-0.3, -0.25) is 14.6 Å². The van der Waals surface area contributed by atoms with Crippen LogP contribution in [0.4, 0.5) is 4.39 Å². The summed E-state index contributed by atoms with van der Waals surface area (Å²) in [6.45, 7) is 2.08. The maximum absolute atomic E-state index is 13.9. The molecule has 0 unspecified atom stereocenters. The summed E-state index contributed by atoms with van der Waals surface area (Å²) in [6, 6.07) is 9.64. The van der Waals surface area contributed by atoms with Gasteiger partial charge >= 0.3 is 0 Å². The zero-order chi connectivity index (χ0) is 20.5. The predicted octanol–water partition coefficient (Wildman–Crippen LogP) is 3.31. The lowest BCUT2D eigenvalue weighted by atomic mass is 10.1. The van der Waals surface area contributed by atoms with E-state index < -0.39 is 5.82 Å². The minimum Gasteiger partial charge on any atom is -0.495 e. The van der Waals surface area contributed by atoms with Crippen LogP contribution in [-0.2, 0) is 17.8 Å². The molecule has 0 radical (unpaired) electrons. The van der Waals surface area contributed by atoms with Crippen molar-refractivity contribution in [1.82, 2.24) is 14.0 Å². The number of hydrogen-bond donors (Lipinski definition) is 0. The summed E-state index contributed by atoms with van der Waals surface area (Å²) in [5.41, 5.74) is 3.02. The number of rotatable bonds is 6. The molecule has 0 N–H and O–H groups in total. The van der Waals surface area contributed by atoms with Crippen LogP contribution >= 0.6 is 0 Å². The fourth-order valence-electron chi connectivity index (χ4n) is 3.51. The highest BCUT2D eigenvalue weighted by Gasteiger charge is 2.14. The summed E-state index contributed by atoms with van der Waals surface area (Å²) >= 11 is 0. The molecule has 29 heavy (non-hydrogen) atoms. The molecule has 0 fully saturated rings.